The number of nitrogens with one attached hydrogen (secondary N) is 1. The van der Waals surface area contributed by atoms with Crippen molar-refractivity contribution in [3.05, 3.63) is 60.6 Å². The second-order valence-electron chi connectivity index (χ2n) is 4.86. The minimum Gasteiger partial charge on any atom is -0.359 e. The van der Waals surface area contributed by atoms with Crippen LogP contribution in [0, 0.1) is 5.92 Å². The summed E-state index contributed by atoms with van der Waals surface area (Å²) in [6.45, 7) is 17.9. The Morgan fingerprint density at radius 3 is 2.61 bits per heavy atom. The van der Waals surface area contributed by atoms with Gasteiger partial charge < -0.3 is 5.32 Å². The molecular formula is C16H22N2. The van der Waals surface area contributed by atoms with Crippen molar-refractivity contribution in [2.45, 2.75) is 27.2 Å². The fraction of sp³-hybridized carbons (Fsp3) is 0.312. The molecule has 0 radical (unpaired) electrons. The van der Waals surface area contributed by atoms with Gasteiger partial charge in [0.15, 0.2) is 0 Å². The molecule has 0 saturated carbocycles. The average Bonchev–Trinajstić information content (AvgIpc) is 2.73. The Morgan fingerprint density at radius 1 is 1.44 bits per heavy atom. The van der Waals surface area contributed by atoms with Crippen LogP contribution in [0.5, 0.6) is 0 Å². The van der Waals surface area contributed by atoms with Crippen molar-refractivity contribution < 1.29 is 0 Å². The Bertz CT molecular complexity index is 459. The first-order chi connectivity index (χ1) is 8.43. The van der Waals surface area contributed by atoms with E-state index in [2.05, 4.69) is 50.0 Å². The molecule has 0 aliphatic carbocycles. The van der Waals surface area contributed by atoms with E-state index in [-0.39, 0.29) is 0 Å². The summed E-state index contributed by atoms with van der Waals surface area (Å²) >= 11 is 0. The highest BCUT2D eigenvalue weighted by Gasteiger charge is 2.15. The largest absolute Gasteiger partial charge is 0.359 e. The predicted octanol–water partition coefficient (Wildman–Crippen LogP) is 4.12. The van der Waals surface area contributed by atoms with Gasteiger partial charge in [0.05, 0.1) is 11.4 Å². The van der Waals surface area contributed by atoms with Crippen LogP contribution in [-0.2, 0) is 0 Å². The summed E-state index contributed by atoms with van der Waals surface area (Å²) in [5.41, 5.74) is 5.01. The Labute approximate surface area is 110 Å². The number of nitrogens with zero attached hydrogens (tertiary/aromatic N) is 1. The third kappa shape index (κ3) is 3.88. The van der Waals surface area contributed by atoms with Crippen LogP contribution in [0.2, 0.25) is 0 Å². The number of hydrogen-bond donors (Lipinski definition) is 1. The molecule has 2 heteroatoms. The van der Waals surface area contributed by atoms with Crippen molar-refractivity contribution in [3.8, 4) is 0 Å². The van der Waals surface area contributed by atoms with Gasteiger partial charge in [-0.05, 0) is 24.0 Å². The molecule has 0 unspecified atom stereocenters. The molecule has 0 atom stereocenters. The second kappa shape index (κ2) is 6.20. The SMILES string of the molecule is C=C/C(=C\C(C)C)C1=CN=C(C(=C)NC(=C)C)C1. The summed E-state index contributed by atoms with van der Waals surface area (Å²) < 4.78 is 0. The molecule has 0 saturated heterocycles. The molecular weight excluding hydrogens is 220 g/mol. The number of allylic oxidation sites excluding steroid dienone is 6. The molecule has 1 aliphatic rings. The van der Waals surface area contributed by atoms with Crippen molar-refractivity contribution in [2.75, 3.05) is 0 Å². The molecule has 2 nitrogen and oxygen atoms in total. The quantitative estimate of drug-likeness (QED) is 0.696. The van der Waals surface area contributed by atoms with Crippen LogP contribution in [0.1, 0.15) is 27.2 Å². The maximum Gasteiger partial charge on any atom is 0.0676 e. The van der Waals surface area contributed by atoms with Crippen molar-refractivity contribution >= 4 is 5.71 Å². The molecule has 1 heterocycles. The van der Waals surface area contributed by atoms with E-state index in [1.807, 2.05) is 19.2 Å². The van der Waals surface area contributed by atoms with Crippen LogP contribution in [-0.4, -0.2) is 5.71 Å². The molecule has 0 spiro atoms. The minimum atomic E-state index is 0.500. The van der Waals surface area contributed by atoms with Crippen molar-refractivity contribution in [2.24, 2.45) is 10.9 Å². The van der Waals surface area contributed by atoms with E-state index in [0.29, 0.717) is 5.92 Å². The van der Waals surface area contributed by atoms with Crippen LogP contribution >= 0.6 is 0 Å². The molecule has 1 N–H and O–H groups in total. The van der Waals surface area contributed by atoms with Gasteiger partial charge in [-0.15, -0.1) is 0 Å². The van der Waals surface area contributed by atoms with Crippen molar-refractivity contribution in [1.82, 2.24) is 5.32 Å². The van der Waals surface area contributed by atoms with Crippen molar-refractivity contribution in [3.63, 3.8) is 0 Å². The van der Waals surface area contributed by atoms with Gasteiger partial charge in [-0.3, -0.25) is 4.99 Å². The van der Waals surface area contributed by atoms with Gasteiger partial charge in [-0.2, -0.15) is 0 Å². The molecule has 0 amide bonds. The summed E-state index contributed by atoms with van der Waals surface area (Å²) in [7, 11) is 0. The van der Waals surface area contributed by atoms with Crippen LogP contribution in [0.4, 0.5) is 0 Å². The van der Waals surface area contributed by atoms with E-state index in [4.69, 9.17) is 0 Å². The van der Waals surface area contributed by atoms with Gasteiger partial charge >= 0.3 is 0 Å². The van der Waals surface area contributed by atoms with E-state index in [1.165, 1.54) is 5.57 Å². The lowest BCUT2D eigenvalue weighted by Gasteiger charge is -2.10. The summed E-state index contributed by atoms with van der Waals surface area (Å²) in [5.74, 6) is 0.500. The third-order valence-corrected chi connectivity index (χ3v) is 2.55. The fourth-order valence-electron chi connectivity index (χ4n) is 1.78. The van der Waals surface area contributed by atoms with Crippen molar-refractivity contribution in [1.29, 1.82) is 0 Å². The normalized spacial score (nSPS) is 15.2. The summed E-state index contributed by atoms with van der Waals surface area (Å²) in [4.78, 5) is 4.41. The monoisotopic (exact) mass is 242 g/mol. The zero-order valence-corrected chi connectivity index (χ0v) is 11.6. The number of rotatable bonds is 6. The van der Waals surface area contributed by atoms with Gasteiger partial charge in [0, 0.05) is 18.3 Å². The number of aliphatic imine (C=N–C) groups is 1. The fourth-order valence-corrected chi connectivity index (χ4v) is 1.78. The molecule has 18 heavy (non-hydrogen) atoms. The molecule has 96 valence electrons. The summed E-state index contributed by atoms with van der Waals surface area (Å²) in [5, 5.41) is 3.10. The molecule has 0 aromatic heterocycles. The molecule has 1 aliphatic heterocycles. The maximum atomic E-state index is 4.41. The van der Waals surface area contributed by atoms with Gasteiger partial charge in [0.2, 0.25) is 0 Å². The smallest absolute Gasteiger partial charge is 0.0676 e. The first kappa shape index (κ1) is 14.2. The molecule has 0 fully saturated rings. The van der Waals surface area contributed by atoms with Crippen LogP contribution in [0.25, 0.3) is 0 Å². The number of hydrogen-bond acceptors (Lipinski definition) is 2. The lowest BCUT2D eigenvalue weighted by Crippen LogP contribution is -2.16. The highest BCUT2D eigenvalue weighted by molar-refractivity contribution is 6.03. The van der Waals surface area contributed by atoms with Gasteiger partial charge in [0.25, 0.3) is 0 Å². The Morgan fingerprint density at radius 2 is 2.11 bits per heavy atom. The maximum absolute atomic E-state index is 4.41. The zero-order chi connectivity index (χ0) is 13.7. The molecule has 0 bridgehead atoms. The molecule has 1 rings (SSSR count). The lowest BCUT2D eigenvalue weighted by atomic mass is 9.98. The third-order valence-electron chi connectivity index (χ3n) is 2.55. The second-order valence-corrected chi connectivity index (χ2v) is 4.86. The topological polar surface area (TPSA) is 24.4 Å². The Kier molecular flexibility index (Phi) is 4.90. The zero-order valence-electron chi connectivity index (χ0n) is 11.6. The van der Waals surface area contributed by atoms with E-state index in [0.717, 1.165) is 29.1 Å². The predicted molar refractivity (Wildman–Crippen MR) is 80.3 cm³/mol. The first-order valence-electron chi connectivity index (χ1n) is 6.16. The lowest BCUT2D eigenvalue weighted by molar-refractivity contribution is 0.825. The van der Waals surface area contributed by atoms with E-state index >= 15 is 0 Å². The summed E-state index contributed by atoms with van der Waals surface area (Å²) in [6, 6.07) is 0. The minimum absolute atomic E-state index is 0.500. The average molecular weight is 242 g/mol. The Hall–Kier alpha value is -1.83. The molecule has 0 aromatic rings. The van der Waals surface area contributed by atoms with Crippen LogP contribution < -0.4 is 5.32 Å². The van der Waals surface area contributed by atoms with E-state index in [1.54, 1.807) is 0 Å². The highest BCUT2D eigenvalue weighted by atomic mass is 14.9. The first-order valence-corrected chi connectivity index (χ1v) is 6.16. The van der Waals surface area contributed by atoms with Crippen LogP contribution in [0.15, 0.2) is 65.6 Å². The van der Waals surface area contributed by atoms with Gasteiger partial charge in [-0.25, -0.2) is 0 Å². The Balaban J connectivity index is 2.71. The molecule has 0 aromatic carbocycles. The summed E-state index contributed by atoms with van der Waals surface area (Å²) in [6.07, 6.45) is 6.78. The van der Waals surface area contributed by atoms with Crippen LogP contribution in [0.3, 0.4) is 0 Å². The highest BCUT2D eigenvalue weighted by Crippen LogP contribution is 2.24. The van der Waals surface area contributed by atoms with E-state index < -0.39 is 0 Å². The van der Waals surface area contributed by atoms with Gasteiger partial charge in [0.1, 0.15) is 0 Å². The standard InChI is InChI=1S/C16H22N2/c1-7-14(8-11(2)3)15-9-16(17-10-15)13(6)18-12(4)5/h7-8,10-11,18H,1,4,6,9H2,2-3,5H3/b14-8+. The van der Waals surface area contributed by atoms with Gasteiger partial charge in [-0.1, -0.05) is 45.7 Å². The van der Waals surface area contributed by atoms with E-state index in [9.17, 15) is 0 Å².